The molecule has 0 aromatic rings. The summed E-state index contributed by atoms with van der Waals surface area (Å²) in [5.41, 5.74) is 0. The standard InChI is InChI=1S/C74H130O6/c1-4-7-10-13-16-19-22-25-28-30-31-32-33-34-35-36-37-38-39-40-41-42-43-45-46-49-52-55-58-61-64-67-73(76)79-70-71(69-78-72(75)66-63-60-57-54-51-48-27-24-21-18-15-12-9-6-3)80-74(77)68-65-62-59-56-53-50-47-44-29-26-23-20-17-14-11-8-5-2/h15,17-18,20,22,24-27,29-31,33-34,71H,4-14,16,19,21,23,28,32,35-70H2,1-3H3/b18-15-,20-17-,25-22-,27-24-,29-26-,31-30-,34-33-. The van der Waals surface area contributed by atoms with Crippen molar-refractivity contribution in [1.29, 1.82) is 0 Å². The minimum atomic E-state index is -0.787. The van der Waals surface area contributed by atoms with Crippen molar-refractivity contribution in [3.63, 3.8) is 0 Å². The van der Waals surface area contributed by atoms with Crippen LogP contribution < -0.4 is 0 Å². The van der Waals surface area contributed by atoms with Crippen molar-refractivity contribution < 1.29 is 28.6 Å². The Morgan fingerprint density at radius 3 is 0.762 bits per heavy atom. The first-order valence-electron chi connectivity index (χ1n) is 34.6. The first-order valence-corrected chi connectivity index (χ1v) is 34.6. The third-order valence-electron chi connectivity index (χ3n) is 15.1. The molecule has 0 saturated carbocycles. The molecular weight excluding hydrogens is 985 g/mol. The fraction of sp³-hybridized carbons (Fsp3) is 0.770. The summed E-state index contributed by atoms with van der Waals surface area (Å²) in [5, 5.41) is 0. The van der Waals surface area contributed by atoms with E-state index in [1.165, 1.54) is 205 Å². The lowest BCUT2D eigenvalue weighted by molar-refractivity contribution is -0.167. The molecule has 0 saturated heterocycles. The van der Waals surface area contributed by atoms with Crippen LogP contribution in [0.15, 0.2) is 85.1 Å². The molecule has 0 heterocycles. The molecule has 6 nitrogen and oxygen atoms in total. The van der Waals surface area contributed by atoms with Gasteiger partial charge in [0.05, 0.1) is 0 Å². The van der Waals surface area contributed by atoms with Gasteiger partial charge in [-0.3, -0.25) is 14.4 Å². The van der Waals surface area contributed by atoms with Crippen LogP contribution in [0.2, 0.25) is 0 Å². The van der Waals surface area contributed by atoms with E-state index >= 15 is 0 Å². The van der Waals surface area contributed by atoms with Gasteiger partial charge in [0, 0.05) is 19.3 Å². The minimum absolute atomic E-state index is 0.0821. The number of carbonyl (C=O) groups excluding carboxylic acids is 3. The summed E-state index contributed by atoms with van der Waals surface area (Å²) < 4.78 is 16.9. The van der Waals surface area contributed by atoms with Gasteiger partial charge < -0.3 is 14.2 Å². The second-order valence-corrected chi connectivity index (χ2v) is 23.1. The van der Waals surface area contributed by atoms with Crippen molar-refractivity contribution >= 4 is 17.9 Å². The third kappa shape index (κ3) is 65.4. The number of unbranched alkanes of at least 4 members (excludes halogenated alkanes) is 38. The van der Waals surface area contributed by atoms with Crippen molar-refractivity contribution in [2.45, 2.75) is 354 Å². The van der Waals surface area contributed by atoms with E-state index in [-0.39, 0.29) is 31.1 Å². The highest BCUT2D eigenvalue weighted by molar-refractivity contribution is 5.71. The normalized spacial score (nSPS) is 12.6. The maximum atomic E-state index is 12.9. The monoisotopic (exact) mass is 1110 g/mol. The average molecular weight is 1120 g/mol. The highest BCUT2D eigenvalue weighted by Gasteiger charge is 2.19. The zero-order chi connectivity index (χ0) is 57.8. The van der Waals surface area contributed by atoms with Gasteiger partial charge in [0.1, 0.15) is 13.2 Å². The first kappa shape index (κ1) is 76.6. The number of hydrogen-bond donors (Lipinski definition) is 0. The van der Waals surface area contributed by atoms with Gasteiger partial charge in [-0.25, -0.2) is 0 Å². The number of hydrogen-bond acceptors (Lipinski definition) is 6. The van der Waals surface area contributed by atoms with Gasteiger partial charge in [0.25, 0.3) is 0 Å². The lowest BCUT2D eigenvalue weighted by Crippen LogP contribution is -2.30. The molecule has 0 aromatic carbocycles. The van der Waals surface area contributed by atoms with Crippen molar-refractivity contribution in [3.05, 3.63) is 85.1 Å². The second kappa shape index (κ2) is 68.1. The van der Waals surface area contributed by atoms with E-state index in [1.54, 1.807) is 0 Å². The van der Waals surface area contributed by atoms with Crippen LogP contribution in [0, 0.1) is 0 Å². The molecule has 0 amide bonds. The molecule has 0 bridgehead atoms. The highest BCUT2D eigenvalue weighted by Crippen LogP contribution is 2.17. The average Bonchev–Trinajstić information content (AvgIpc) is 3.46. The summed E-state index contributed by atoms with van der Waals surface area (Å²) >= 11 is 0. The molecule has 6 heteroatoms. The van der Waals surface area contributed by atoms with Gasteiger partial charge in [0.2, 0.25) is 0 Å². The molecule has 0 spiro atoms. The summed E-state index contributed by atoms with van der Waals surface area (Å²) in [7, 11) is 0. The number of allylic oxidation sites excluding steroid dienone is 14. The van der Waals surface area contributed by atoms with E-state index in [4.69, 9.17) is 14.2 Å². The van der Waals surface area contributed by atoms with E-state index in [0.29, 0.717) is 19.3 Å². The lowest BCUT2D eigenvalue weighted by atomic mass is 10.0. The van der Waals surface area contributed by atoms with Crippen molar-refractivity contribution in [3.8, 4) is 0 Å². The molecule has 0 fully saturated rings. The van der Waals surface area contributed by atoms with E-state index < -0.39 is 6.10 Å². The number of rotatable bonds is 63. The summed E-state index contributed by atoms with van der Waals surface area (Å²) in [4.78, 5) is 38.4. The van der Waals surface area contributed by atoms with Crippen LogP contribution in [-0.4, -0.2) is 37.2 Å². The van der Waals surface area contributed by atoms with Crippen LogP contribution in [0.4, 0.5) is 0 Å². The maximum Gasteiger partial charge on any atom is 0.306 e. The van der Waals surface area contributed by atoms with Gasteiger partial charge in [-0.2, -0.15) is 0 Å². The highest BCUT2D eigenvalue weighted by atomic mass is 16.6. The maximum absolute atomic E-state index is 12.9. The lowest BCUT2D eigenvalue weighted by Gasteiger charge is -2.18. The molecule has 0 aliphatic carbocycles. The first-order chi connectivity index (χ1) is 39.5. The molecule has 0 aromatic heterocycles. The number of esters is 3. The van der Waals surface area contributed by atoms with Gasteiger partial charge in [-0.15, -0.1) is 0 Å². The Bertz CT molecular complexity index is 1520. The van der Waals surface area contributed by atoms with Crippen LogP contribution >= 0.6 is 0 Å². The molecule has 0 N–H and O–H groups in total. The zero-order valence-corrected chi connectivity index (χ0v) is 53.1. The van der Waals surface area contributed by atoms with E-state index in [9.17, 15) is 14.4 Å². The molecule has 80 heavy (non-hydrogen) atoms. The molecule has 0 aliphatic rings. The number of ether oxygens (including phenoxy) is 3. The molecule has 0 radical (unpaired) electrons. The molecule has 462 valence electrons. The van der Waals surface area contributed by atoms with Gasteiger partial charge in [-0.05, 0) is 116 Å². The summed E-state index contributed by atoms with van der Waals surface area (Å²) in [6, 6.07) is 0. The molecule has 1 atom stereocenters. The van der Waals surface area contributed by atoms with Gasteiger partial charge >= 0.3 is 17.9 Å². The Labute approximate surface area is 496 Å². The van der Waals surface area contributed by atoms with Gasteiger partial charge in [-0.1, -0.05) is 298 Å². The molecule has 1 unspecified atom stereocenters. The fourth-order valence-corrected chi connectivity index (χ4v) is 9.85. The number of carbonyl (C=O) groups is 3. The minimum Gasteiger partial charge on any atom is -0.462 e. The molecule has 0 rings (SSSR count). The largest absolute Gasteiger partial charge is 0.462 e. The van der Waals surface area contributed by atoms with Crippen molar-refractivity contribution in [2.75, 3.05) is 13.2 Å². The fourth-order valence-electron chi connectivity index (χ4n) is 9.85. The van der Waals surface area contributed by atoms with Crippen LogP contribution in [0.3, 0.4) is 0 Å². The Balaban J connectivity index is 4.22. The third-order valence-corrected chi connectivity index (χ3v) is 15.1. The Morgan fingerprint density at radius 2 is 0.463 bits per heavy atom. The van der Waals surface area contributed by atoms with E-state index in [1.807, 2.05) is 0 Å². The van der Waals surface area contributed by atoms with Crippen molar-refractivity contribution in [2.24, 2.45) is 0 Å². The predicted octanol–water partition coefficient (Wildman–Crippen LogP) is 23.8. The van der Waals surface area contributed by atoms with E-state index in [2.05, 4.69) is 106 Å². The SMILES string of the molecule is CCCC/C=C\C/C=C\CCCCCCCC(=O)OCC(COC(=O)CCCCCCCCCCCCCCCCCC/C=C\C/C=C\C/C=C\CCCCCCC)OC(=O)CCCCCCCCC/C=C\C/C=C\CCCCC. The molecule has 0 aliphatic heterocycles. The van der Waals surface area contributed by atoms with Crippen LogP contribution in [0.1, 0.15) is 348 Å². The smallest absolute Gasteiger partial charge is 0.306 e. The Kier molecular flexibility index (Phi) is 65.2. The van der Waals surface area contributed by atoms with E-state index in [0.717, 1.165) is 103 Å². The summed E-state index contributed by atoms with van der Waals surface area (Å²) in [5.74, 6) is -0.890. The van der Waals surface area contributed by atoms with Crippen LogP contribution in [-0.2, 0) is 28.6 Å². The second-order valence-electron chi connectivity index (χ2n) is 23.1. The quantitative estimate of drug-likeness (QED) is 0.0261. The summed E-state index contributed by atoms with van der Waals surface area (Å²) in [6.45, 7) is 6.58. The van der Waals surface area contributed by atoms with Crippen LogP contribution in [0.25, 0.3) is 0 Å². The zero-order valence-electron chi connectivity index (χ0n) is 53.1. The van der Waals surface area contributed by atoms with Crippen molar-refractivity contribution in [1.82, 2.24) is 0 Å². The summed E-state index contributed by atoms with van der Waals surface area (Å²) in [6.07, 6.45) is 90.3. The molecular formula is C74H130O6. The van der Waals surface area contributed by atoms with Gasteiger partial charge in [0.15, 0.2) is 6.10 Å². The Hall–Kier alpha value is -3.41. The Morgan fingerprint density at radius 1 is 0.250 bits per heavy atom. The van der Waals surface area contributed by atoms with Crippen LogP contribution in [0.5, 0.6) is 0 Å². The topological polar surface area (TPSA) is 78.9 Å². The predicted molar refractivity (Wildman–Crippen MR) is 348 cm³/mol.